The lowest BCUT2D eigenvalue weighted by molar-refractivity contribution is -0.140. The maximum atomic E-state index is 12.5. The van der Waals surface area contributed by atoms with E-state index in [4.69, 9.17) is 22.1 Å². The van der Waals surface area contributed by atoms with Crippen LogP contribution < -0.4 is 5.73 Å². The van der Waals surface area contributed by atoms with Gasteiger partial charge in [-0.15, -0.1) is 0 Å². The summed E-state index contributed by atoms with van der Waals surface area (Å²) in [6, 6.07) is 4.94. The number of nitrogens with two attached hydrogens (primary N) is 1. The number of fused-ring (bicyclic) bond motifs is 1. The number of esters is 1. The molecule has 1 saturated carbocycles. The fourth-order valence-electron chi connectivity index (χ4n) is 3.93. The van der Waals surface area contributed by atoms with E-state index in [0.717, 1.165) is 19.4 Å². The Morgan fingerprint density at radius 2 is 1.96 bits per heavy atom. The lowest BCUT2D eigenvalue weighted by atomic mass is 9.78. The van der Waals surface area contributed by atoms with E-state index < -0.39 is 5.97 Å². The first kappa shape index (κ1) is 17.1. The minimum atomic E-state index is -0.611. The molecule has 24 heavy (non-hydrogen) atoms. The number of nitrogen functional groups attached to an aromatic ring is 1. The van der Waals surface area contributed by atoms with Crippen molar-refractivity contribution in [2.75, 3.05) is 18.9 Å². The summed E-state index contributed by atoms with van der Waals surface area (Å²) in [7, 11) is 0. The summed E-state index contributed by atoms with van der Waals surface area (Å²) in [5.41, 5.74) is 6.26. The SMILES string of the molecule is Nc1ccc(Cl)cc1C(=O)OCC(=O)N1CCC[C@H]2CCCC[C@@H]21. The predicted octanol–water partition coefficient (Wildman–Crippen LogP) is 3.26. The van der Waals surface area contributed by atoms with Crippen LogP contribution in [-0.2, 0) is 9.53 Å². The molecular weight excluding hydrogens is 328 g/mol. The molecule has 0 radical (unpaired) electrons. The first-order valence-corrected chi connectivity index (χ1v) is 8.95. The molecule has 0 bridgehead atoms. The van der Waals surface area contributed by atoms with Gasteiger partial charge < -0.3 is 15.4 Å². The van der Waals surface area contributed by atoms with Crippen LogP contribution in [-0.4, -0.2) is 36.0 Å². The molecule has 1 heterocycles. The summed E-state index contributed by atoms with van der Waals surface area (Å²) in [6.07, 6.45) is 6.92. The second-order valence-electron chi connectivity index (χ2n) is 6.65. The number of anilines is 1. The van der Waals surface area contributed by atoms with Crippen molar-refractivity contribution in [3.8, 4) is 0 Å². The average molecular weight is 351 g/mol. The molecule has 2 N–H and O–H groups in total. The summed E-state index contributed by atoms with van der Waals surface area (Å²) in [5.74, 6) is -0.114. The smallest absolute Gasteiger partial charge is 0.340 e. The van der Waals surface area contributed by atoms with E-state index in [1.54, 1.807) is 12.1 Å². The van der Waals surface area contributed by atoms with E-state index in [2.05, 4.69) is 0 Å². The first-order valence-electron chi connectivity index (χ1n) is 8.58. The fourth-order valence-corrected chi connectivity index (χ4v) is 4.10. The number of carbonyl (C=O) groups is 2. The molecule has 1 aliphatic carbocycles. The van der Waals surface area contributed by atoms with Crippen molar-refractivity contribution in [2.45, 2.75) is 44.6 Å². The van der Waals surface area contributed by atoms with Crippen LogP contribution in [0.1, 0.15) is 48.9 Å². The van der Waals surface area contributed by atoms with Gasteiger partial charge in [-0.2, -0.15) is 0 Å². The largest absolute Gasteiger partial charge is 0.452 e. The molecule has 5 nitrogen and oxygen atoms in total. The average Bonchev–Trinajstić information content (AvgIpc) is 2.61. The summed E-state index contributed by atoms with van der Waals surface area (Å²) >= 11 is 5.88. The number of amides is 1. The molecule has 130 valence electrons. The third-order valence-corrected chi connectivity index (χ3v) is 5.36. The van der Waals surface area contributed by atoms with Gasteiger partial charge in [0, 0.05) is 23.3 Å². The Morgan fingerprint density at radius 1 is 1.21 bits per heavy atom. The second-order valence-corrected chi connectivity index (χ2v) is 7.09. The molecule has 3 rings (SSSR count). The minimum absolute atomic E-state index is 0.111. The molecule has 0 unspecified atom stereocenters. The van der Waals surface area contributed by atoms with Gasteiger partial charge in [0.1, 0.15) is 0 Å². The maximum Gasteiger partial charge on any atom is 0.340 e. The van der Waals surface area contributed by atoms with Crippen LogP contribution in [0, 0.1) is 5.92 Å². The van der Waals surface area contributed by atoms with Gasteiger partial charge in [-0.3, -0.25) is 4.79 Å². The highest BCUT2D eigenvalue weighted by Gasteiger charge is 2.35. The number of hydrogen-bond donors (Lipinski definition) is 1. The van der Waals surface area contributed by atoms with Crippen LogP contribution >= 0.6 is 11.6 Å². The molecule has 0 aromatic heterocycles. The number of nitrogens with zero attached hydrogens (tertiary/aromatic N) is 1. The van der Waals surface area contributed by atoms with Crippen molar-refractivity contribution < 1.29 is 14.3 Å². The Labute approximate surface area is 147 Å². The van der Waals surface area contributed by atoms with Gasteiger partial charge in [-0.1, -0.05) is 24.4 Å². The Kier molecular flexibility index (Phi) is 5.29. The van der Waals surface area contributed by atoms with Crippen LogP contribution in [0.15, 0.2) is 18.2 Å². The van der Waals surface area contributed by atoms with E-state index in [9.17, 15) is 9.59 Å². The highest BCUT2D eigenvalue weighted by atomic mass is 35.5. The monoisotopic (exact) mass is 350 g/mol. The molecular formula is C18H23ClN2O3. The van der Waals surface area contributed by atoms with Crippen LogP contribution in [0.5, 0.6) is 0 Å². The van der Waals surface area contributed by atoms with Gasteiger partial charge in [0.05, 0.1) is 5.56 Å². The number of benzene rings is 1. The molecule has 1 aromatic rings. The zero-order valence-corrected chi connectivity index (χ0v) is 14.4. The number of ether oxygens (including phenoxy) is 1. The summed E-state index contributed by atoms with van der Waals surface area (Å²) < 4.78 is 5.19. The van der Waals surface area contributed by atoms with Crippen molar-refractivity contribution in [1.29, 1.82) is 0 Å². The first-order chi connectivity index (χ1) is 11.6. The molecule has 2 aliphatic rings. The highest BCUT2D eigenvalue weighted by molar-refractivity contribution is 6.31. The van der Waals surface area contributed by atoms with Crippen molar-refractivity contribution in [2.24, 2.45) is 5.92 Å². The number of piperidine rings is 1. The molecule has 2 atom stereocenters. The van der Waals surface area contributed by atoms with Gasteiger partial charge in [0.2, 0.25) is 0 Å². The number of likely N-dealkylation sites (tertiary alicyclic amines) is 1. The normalized spacial score (nSPS) is 23.5. The zero-order valence-electron chi connectivity index (χ0n) is 13.7. The zero-order chi connectivity index (χ0) is 17.1. The van der Waals surface area contributed by atoms with E-state index in [1.807, 2.05) is 4.90 Å². The van der Waals surface area contributed by atoms with Crippen LogP contribution in [0.4, 0.5) is 5.69 Å². The van der Waals surface area contributed by atoms with E-state index in [-0.39, 0.29) is 18.1 Å². The molecule has 1 aromatic carbocycles. The van der Waals surface area contributed by atoms with Crippen LogP contribution in [0.25, 0.3) is 0 Å². The molecule has 2 fully saturated rings. The topological polar surface area (TPSA) is 72.6 Å². The van der Waals surface area contributed by atoms with Gasteiger partial charge in [-0.05, 0) is 49.8 Å². The van der Waals surface area contributed by atoms with Gasteiger partial charge in [0.25, 0.3) is 5.91 Å². The second kappa shape index (κ2) is 7.43. The summed E-state index contributed by atoms with van der Waals surface area (Å²) in [4.78, 5) is 26.6. The Balaban J connectivity index is 1.60. The van der Waals surface area contributed by atoms with Crippen LogP contribution in [0.3, 0.4) is 0 Å². The lowest BCUT2D eigenvalue weighted by Crippen LogP contribution is -2.50. The van der Waals surface area contributed by atoms with Crippen molar-refractivity contribution in [3.05, 3.63) is 28.8 Å². The van der Waals surface area contributed by atoms with Crippen molar-refractivity contribution >= 4 is 29.2 Å². The standard InChI is InChI=1S/C18H23ClN2O3/c19-13-7-8-15(20)14(10-13)18(23)24-11-17(22)21-9-3-5-12-4-1-2-6-16(12)21/h7-8,10,12,16H,1-6,9,11,20H2/t12-,16+/m1/s1. The number of carbonyl (C=O) groups excluding carboxylic acids is 2. The van der Waals surface area contributed by atoms with Gasteiger partial charge in [-0.25, -0.2) is 4.79 Å². The molecule has 0 spiro atoms. The van der Waals surface area contributed by atoms with Crippen molar-refractivity contribution in [1.82, 2.24) is 4.90 Å². The maximum absolute atomic E-state index is 12.5. The van der Waals surface area contributed by atoms with Gasteiger partial charge in [0.15, 0.2) is 6.61 Å². The Morgan fingerprint density at radius 3 is 2.79 bits per heavy atom. The Hall–Kier alpha value is -1.75. The summed E-state index contributed by atoms with van der Waals surface area (Å²) in [6.45, 7) is 0.519. The van der Waals surface area contributed by atoms with Gasteiger partial charge >= 0.3 is 5.97 Å². The fraction of sp³-hybridized carbons (Fsp3) is 0.556. The summed E-state index contributed by atoms with van der Waals surface area (Å²) in [5, 5.41) is 0.406. The van der Waals surface area contributed by atoms with Crippen molar-refractivity contribution in [3.63, 3.8) is 0 Å². The van der Waals surface area contributed by atoms with E-state index in [1.165, 1.54) is 31.7 Å². The molecule has 1 saturated heterocycles. The van der Waals surface area contributed by atoms with E-state index in [0.29, 0.717) is 22.7 Å². The minimum Gasteiger partial charge on any atom is -0.452 e. The highest BCUT2D eigenvalue weighted by Crippen LogP contribution is 2.35. The quantitative estimate of drug-likeness (QED) is 0.670. The predicted molar refractivity (Wildman–Crippen MR) is 92.8 cm³/mol. The molecule has 1 amide bonds. The van der Waals surface area contributed by atoms with E-state index >= 15 is 0 Å². The third kappa shape index (κ3) is 3.66. The number of hydrogen-bond acceptors (Lipinski definition) is 4. The number of rotatable bonds is 3. The van der Waals surface area contributed by atoms with Crippen LogP contribution in [0.2, 0.25) is 5.02 Å². The molecule has 1 aliphatic heterocycles. The molecule has 6 heteroatoms. The third-order valence-electron chi connectivity index (χ3n) is 5.13. The Bertz CT molecular complexity index is 633. The lowest BCUT2D eigenvalue weighted by Gasteiger charge is -2.44. The number of halogens is 1.